The molecule has 4 rings (SSSR count). The molecule has 1 aliphatic heterocycles. The summed E-state index contributed by atoms with van der Waals surface area (Å²) < 4.78 is 2.21. The summed E-state index contributed by atoms with van der Waals surface area (Å²) in [6.07, 6.45) is 11.4. The zero-order valence-corrected chi connectivity index (χ0v) is 16.0. The summed E-state index contributed by atoms with van der Waals surface area (Å²) in [7, 11) is 1.65. The summed E-state index contributed by atoms with van der Waals surface area (Å²) in [5, 5.41) is 2.71. The van der Waals surface area contributed by atoms with Crippen molar-refractivity contribution in [2.24, 2.45) is 0 Å². The highest BCUT2D eigenvalue weighted by Crippen LogP contribution is 2.30. The molecule has 1 amide bonds. The molecular formula is C21H24N6O. The van der Waals surface area contributed by atoms with E-state index in [-0.39, 0.29) is 5.91 Å². The molecule has 0 aliphatic carbocycles. The van der Waals surface area contributed by atoms with Crippen molar-refractivity contribution in [3.8, 4) is 0 Å². The second-order valence-corrected chi connectivity index (χ2v) is 7.01. The Morgan fingerprint density at radius 1 is 1.18 bits per heavy atom. The van der Waals surface area contributed by atoms with Crippen LogP contribution in [0.2, 0.25) is 0 Å². The normalized spacial score (nSPS) is 16.8. The summed E-state index contributed by atoms with van der Waals surface area (Å²) in [5.74, 6) is 2.02. The molecule has 7 nitrogen and oxygen atoms in total. The van der Waals surface area contributed by atoms with E-state index in [4.69, 9.17) is 0 Å². The number of piperidine rings is 1. The highest BCUT2D eigenvalue weighted by atomic mass is 16.1. The van der Waals surface area contributed by atoms with Gasteiger partial charge in [-0.25, -0.2) is 9.97 Å². The third-order valence-electron chi connectivity index (χ3n) is 5.19. The van der Waals surface area contributed by atoms with Gasteiger partial charge < -0.3 is 14.8 Å². The number of nitrogens with one attached hydrogen (secondary N) is 1. The van der Waals surface area contributed by atoms with Gasteiger partial charge in [-0.3, -0.25) is 9.78 Å². The molecule has 0 bridgehead atoms. The minimum Gasteiger partial charge on any atom is -0.355 e. The van der Waals surface area contributed by atoms with Crippen LogP contribution in [0.4, 0.5) is 5.82 Å². The van der Waals surface area contributed by atoms with Gasteiger partial charge in [0.05, 0.1) is 5.56 Å². The third-order valence-corrected chi connectivity index (χ3v) is 5.19. The van der Waals surface area contributed by atoms with Crippen molar-refractivity contribution in [2.45, 2.75) is 25.3 Å². The molecule has 4 heterocycles. The highest BCUT2D eigenvalue weighted by molar-refractivity contribution is 5.98. The molecule has 0 saturated carbocycles. The molecule has 0 radical (unpaired) electrons. The summed E-state index contributed by atoms with van der Waals surface area (Å²) in [6, 6.07) is 7.69. The van der Waals surface area contributed by atoms with Crippen LogP contribution in [0.15, 0.2) is 55.2 Å². The zero-order valence-electron chi connectivity index (χ0n) is 16.0. The van der Waals surface area contributed by atoms with Crippen LogP contribution in [0.3, 0.4) is 0 Å². The van der Waals surface area contributed by atoms with E-state index in [0.29, 0.717) is 11.5 Å². The van der Waals surface area contributed by atoms with Crippen LogP contribution in [0.25, 0.3) is 0 Å². The van der Waals surface area contributed by atoms with Gasteiger partial charge >= 0.3 is 0 Å². The number of carbonyl (C=O) groups excluding carboxylic acids is 1. The Hall–Kier alpha value is -3.22. The number of carbonyl (C=O) groups is 1. The van der Waals surface area contributed by atoms with Crippen LogP contribution in [0.5, 0.6) is 0 Å². The van der Waals surface area contributed by atoms with Gasteiger partial charge in [0.1, 0.15) is 11.6 Å². The number of anilines is 1. The average Bonchev–Trinajstić information content (AvgIpc) is 3.22. The predicted molar refractivity (Wildman–Crippen MR) is 107 cm³/mol. The van der Waals surface area contributed by atoms with Gasteiger partial charge in [0.15, 0.2) is 0 Å². The molecule has 144 valence electrons. The van der Waals surface area contributed by atoms with E-state index in [9.17, 15) is 4.79 Å². The molecule has 0 spiro atoms. The topological polar surface area (TPSA) is 75.9 Å². The number of imidazole rings is 1. The zero-order chi connectivity index (χ0) is 19.3. The first-order valence-corrected chi connectivity index (χ1v) is 9.58. The molecule has 1 saturated heterocycles. The van der Waals surface area contributed by atoms with Crippen LogP contribution >= 0.6 is 0 Å². The lowest BCUT2D eigenvalue weighted by Gasteiger charge is -2.34. The lowest BCUT2D eigenvalue weighted by molar-refractivity contribution is 0.0963. The molecule has 28 heavy (non-hydrogen) atoms. The van der Waals surface area contributed by atoms with Crippen molar-refractivity contribution < 1.29 is 4.79 Å². The molecular weight excluding hydrogens is 352 g/mol. The molecule has 1 aliphatic rings. The third kappa shape index (κ3) is 3.74. The lowest BCUT2D eigenvalue weighted by atomic mass is 9.96. The Morgan fingerprint density at radius 2 is 2.04 bits per heavy atom. The first-order valence-electron chi connectivity index (χ1n) is 9.58. The number of nitrogens with zero attached hydrogens (tertiary/aromatic N) is 5. The van der Waals surface area contributed by atoms with Crippen LogP contribution in [-0.4, -0.2) is 45.6 Å². The van der Waals surface area contributed by atoms with E-state index in [1.165, 1.54) is 5.56 Å². The smallest absolute Gasteiger partial charge is 0.254 e. The van der Waals surface area contributed by atoms with Crippen molar-refractivity contribution in [1.82, 2.24) is 24.8 Å². The second kappa shape index (κ2) is 8.21. The predicted octanol–water partition coefficient (Wildman–Crippen LogP) is 2.47. The first-order chi connectivity index (χ1) is 13.8. The maximum Gasteiger partial charge on any atom is 0.254 e. The molecule has 1 atom stereocenters. The molecule has 1 fully saturated rings. The van der Waals surface area contributed by atoms with Crippen molar-refractivity contribution in [2.75, 3.05) is 25.0 Å². The van der Waals surface area contributed by atoms with Gasteiger partial charge in [-0.15, -0.1) is 0 Å². The lowest BCUT2D eigenvalue weighted by Crippen LogP contribution is -2.37. The number of rotatable bonds is 5. The average molecular weight is 376 g/mol. The number of hydrogen-bond acceptors (Lipinski definition) is 5. The van der Waals surface area contributed by atoms with Crippen LogP contribution in [0, 0.1) is 0 Å². The van der Waals surface area contributed by atoms with Gasteiger partial charge in [-0.05, 0) is 42.7 Å². The number of amides is 1. The Bertz CT molecular complexity index is 939. The summed E-state index contributed by atoms with van der Waals surface area (Å²) in [5.41, 5.74) is 1.82. The Kier molecular flexibility index (Phi) is 5.32. The van der Waals surface area contributed by atoms with E-state index < -0.39 is 0 Å². The fourth-order valence-electron chi connectivity index (χ4n) is 3.84. The SMILES string of the molecule is CNC(=O)c1cccnc1N1CCC[C@H](c2nccn2Cc2ccncc2)C1. The monoisotopic (exact) mass is 376 g/mol. The number of aromatic nitrogens is 4. The quantitative estimate of drug-likeness (QED) is 0.740. The van der Waals surface area contributed by atoms with E-state index in [1.807, 2.05) is 43.0 Å². The van der Waals surface area contributed by atoms with Crippen molar-refractivity contribution in [3.63, 3.8) is 0 Å². The minimum atomic E-state index is -0.107. The van der Waals surface area contributed by atoms with Crippen molar-refractivity contribution in [3.05, 3.63) is 72.2 Å². The number of hydrogen-bond donors (Lipinski definition) is 1. The highest BCUT2D eigenvalue weighted by Gasteiger charge is 2.27. The molecule has 0 aromatic carbocycles. The van der Waals surface area contributed by atoms with Crippen LogP contribution in [-0.2, 0) is 6.54 Å². The van der Waals surface area contributed by atoms with E-state index in [1.54, 1.807) is 19.3 Å². The van der Waals surface area contributed by atoms with E-state index in [2.05, 4.69) is 29.7 Å². The van der Waals surface area contributed by atoms with E-state index in [0.717, 1.165) is 44.1 Å². The first kappa shape index (κ1) is 18.2. The molecule has 1 N–H and O–H groups in total. The van der Waals surface area contributed by atoms with Crippen molar-refractivity contribution >= 4 is 11.7 Å². The van der Waals surface area contributed by atoms with Gasteiger partial charge in [-0.1, -0.05) is 0 Å². The van der Waals surface area contributed by atoms with Gasteiger partial charge in [0.2, 0.25) is 0 Å². The fourth-order valence-corrected chi connectivity index (χ4v) is 3.84. The van der Waals surface area contributed by atoms with Gasteiger partial charge in [0, 0.05) is 63.6 Å². The molecule has 3 aromatic rings. The van der Waals surface area contributed by atoms with E-state index >= 15 is 0 Å². The van der Waals surface area contributed by atoms with Crippen LogP contribution in [0.1, 0.15) is 40.5 Å². The molecule has 7 heteroatoms. The Balaban J connectivity index is 1.56. The molecule has 3 aromatic heterocycles. The van der Waals surface area contributed by atoms with Gasteiger partial charge in [0.25, 0.3) is 5.91 Å². The largest absolute Gasteiger partial charge is 0.355 e. The maximum atomic E-state index is 12.2. The molecule has 0 unspecified atom stereocenters. The summed E-state index contributed by atoms with van der Waals surface area (Å²) in [4.78, 5) is 27.7. The fraction of sp³-hybridized carbons (Fsp3) is 0.333. The standard InChI is InChI=1S/C21H24N6O/c1-22-21(28)18-5-2-8-24-20(18)26-12-3-4-17(15-26)19-25-11-13-27(19)14-16-6-9-23-10-7-16/h2,5-11,13,17H,3-4,12,14-15H2,1H3,(H,22,28)/t17-/m0/s1. The second-order valence-electron chi connectivity index (χ2n) is 7.01. The van der Waals surface area contributed by atoms with Crippen LogP contribution < -0.4 is 10.2 Å². The van der Waals surface area contributed by atoms with Gasteiger partial charge in [-0.2, -0.15) is 0 Å². The maximum absolute atomic E-state index is 12.2. The Morgan fingerprint density at radius 3 is 2.86 bits per heavy atom. The Labute approximate surface area is 164 Å². The summed E-state index contributed by atoms with van der Waals surface area (Å²) >= 11 is 0. The number of pyridine rings is 2. The van der Waals surface area contributed by atoms with Crippen molar-refractivity contribution in [1.29, 1.82) is 0 Å². The summed E-state index contributed by atoms with van der Waals surface area (Å²) in [6.45, 7) is 2.47. The minimum absolute atomic E-state index is 0.107.